The van der Waals surface area contributed by atoms with Gasteiger partial charge in [-0.3, -0.25) is 0 Å². The van der Waals surface area contributed by atoms with E-state index in [0.717, 1.165) is 14.4 Å². The van der Waals surface area contributed by atoms with Crippen molar-refractivity contribution in [3.63, 3.8) is 0 Å². The van der Waals surface area contributed by atoms with Crippen LogP contribution < -0.4 is 10.5 Å². The predicted octanol–water partition coefficient (Wildman–Crippen LogP) is 1.55. The second-order valence-corrected chi connectivity index (χ2v) is 4.50. The molecule has 0 aliphatic rings. The molecule has 0 fully saturated rings. The van der Waals surface area contributed by atoms with Gasteiger partial charge in [0.25, 0.3) is 0 Å². The van der Waals surface area contributed by atoms with Crippen LogP contribution in [0, 0.1) is 0 Å². The third-order valence-electron chi connectivity index (χ3n) is 1.77. The summed E-state index contributed by atoms with van der Waals surface area (Å²) >= 11 is 4.87. The lowest BCUT2D eigenvalue weighted by Gasteiger charge is -2.07. The van der Waals surface area contributed by atoms with Gasteiger partial charge < -0.3 is 15.6 Å². The second-order valence-electron chi connectivity index (χ2n) is 2.60. The van der Waals surface area contributed by atoms with Crippen molar-refractivity contribution in [1.82, 2.24) is 0 Å². The Morgan fingerprint density at radius 2 is 2.46 bits per heavy atom. The molecular weight excluding hydrogens is 254 g/mol. The molecule has 0 aliphatic heterocycles. The molecule has 1 rings (SSSR count). The van der Waals surface area contributed by atoms with Gasteiger partial charge >= 0.3 is 0 Å². The van der Waals surface area contributed by atoms with Crippen LogP contribution in [-0.4, -0.2) is 25.4 Å². The molecule has 0 spiro atoms. The number of hydrogen-bond acceptors (Lipinski definition) is 4. The van der Waals surface area contributed by atoms with E-state index in [1.54, 1.807) is 7.11 Å². The van der Waals surface area contributed by atoms with Crippen LogP contribution in [0.4, 0.5) is 0 Å². The van der Waals surface area contributed by atoms with Crippen LogP contribution >= 0.6 is 27.3 Å². The van der Waals surface area contributed by atoms with Crippen LogP contribution in [0.1, 0.15) is 10.8 Å². The van der Waals surface area contributed by atoms with E-state index in [1.807, 2.05) is 6.07 Å². The third kappa shape index (κ3) is 2.43. The Bertz CT molecular complexity index is 273. The molecule has 0 aliphatic carbocycles. The monoisotopic (exact) mass is 265 g/mol. The lowest BCUT2D eigenvalue weighted by molar-refractivity contribution is 0.269. The van der Waals surface area contributed by atoms with Crippen molar-refractivity contribution in [2.45, 2.75) is 5.92 Å². The molecular formula is C8H12BrNO2S. The topological polar surface area (TPSA) is 55.5 Å². The summed E-state index contributed by atoms with van der Waals surface area (Å²) in [5.41, 5.74) is 5.51. The van der Waals surface area contributed by atoms with Gasteiger partial charge in [0, 0.05) is 17.3 Å². The lowest BCUT2D eigenvalue weighted by atomic mass is 10.1. The fraction of sp³-hybridized carbons (Fsp3) is 0.500. The number of halogens is 1. The maximum Gasteiger partial charge on any atom is 0.188 e. The number of nitrogens with two attached hydrogens (primary N) is 1. The zero-order chi connectivity index (χ0) is 9.84. The van der Waals surface area contributed by atoms with E-state index in [0.29, 0.717) is 6.54 Å². The Labute approximate surface area is 89.6 Å². The van der Waals surface area contributed by atoms with Gasteiger partial charge in [0.05, 0.1) is 18.2 Å². The van der Waals surface area contributed by atoms with Crippen LogP contribution in [-0.2, 0) is 0 Å². The van der Waals surface area contributed by atoms with Crippen LogP contribution in [0.3, 0.4) is 0 Å². The van der Waals surface area contributed by atoms with Gasteiger partial charge in [-0.15, -0.1) is 11.3 Å². The number of ether oxygens (including phenoxy) is 1. The predicted molar refractivity (Wildman–Crippen MR) is 57.5 cm³/mol. The van der Waals surface area contributed by atoms with Gasteiger partial charge in [-0.25, -0.2) is 0 Å². The van der Waals surface area contributed by atoms with Crippen molar-refractivity contribution < 1.29 is 9.84 Å². The average molecular weight is 266 g/mol. The molecule has 3 nitrogen and oxygen atoms in total. The highest BCUT2D eigenvalue weighted by atomic mass is 79.9. The minimum atomic E-state index is 0.0187. The Hall–Kier alpha value is -0.100. The zero-order valence-corrected chi connectivity index (χ0v) is 9.69. The van der Waals surface area contributed by atoms with Crippen molar-refractivity contribution in [2.24, 2.45) is 5.73 Å². The molecule has 1 aromatic rings. The fourth-order valence-electron chi connectivity index (χ4n) is 0.990. The van der Waals surface area contributed by atoms with Gasteiger partial charge in [-0.05, 0) is 22.0 Å². The summed E-state index contributed by atoms with van der Waals surface area (Å²) in [7, 11) is 1.62. The standard InChI is InChI=1S/C8H12BrNO2S/c1-12-8-6(9)2-7(13-8)5(3-10)4-11/h2,5,11H,3-4,10H2,1H3. The first-order valence-electron chi connectivity index (χ1n) is 3.87. The van der Waals surface area contributed by atoms with Crippen LogP contribution in [0.15, 0.2) is 10.5 Å². The maximum absolute atomic E-state index is 9.02. The highest BCUT2D eigenvalue weighted by Crippen LogP contribution is 2.37. The van der Waals surface area contributed by atoms with Crippen molar-refractivity contribution in [3.05, 3.63) is 15.4 Å². The summed E-state index contributed by atoms with van der Waals surface area (Å²) in [5, 5.41) is 9.84. The van der Waals surface area contributed by atoms with Gasteiger partial charge in [0.15, 0.2) is 5.06 Å². The quantitative estimate of drug-likeness (QED) is 0.869. The molecule has 1 atom stereocenters. The molecule has 1 unspecified atom stereocenters. The van der Waals surface area contributed by atoms with Crippen molar-refractivity contribution in [2.75, 3.05) is 20.3 Å². The van der Waals surface area contributed by atoms with Gasteiger partial charge in [-0.2, -0.15) is 0 Å². The minimum absolute atomic E-state index is 0.0187. The molecule has 0 saturated carbocycles. The maximum atomic E-state index is 9.02. The van der Waals surface area contributed by atoms with E-state index < -0.39 is 0 Å². The van der Waals surface area contributed by atoms with Gasteiger partial charge in [-0.1, -0.05) is 0 Å². The highest BCUT2D eigenvalue weighted by Gasteiger charge is 2.14. The van der Waals surface area contributed by atoms with Gasteiger partial charge in [0.2, 0.25) is 0 Å². The summed E-state index contributed by atoms with van der Waals surface area (Å²) in [6.45, 7) is 0.527. The summed E-state index contributed by atoms with van der Waals surface area (Å²) in [4.78, 5) is 1.05. The number of aliphatic hydroxyl groups excluding tert-OH is 1. The molecule has 0 bridgehead atoms. The molecule has 5 heteroatoms. The molecule has 0 radical (unpaired) electrons. The van der Waals surface area contributed by atoms with E-state index in [9.17, 15) is 0 Å². The largest absolute Gasteiger partial charge is 0.486 e. The smallest absolute Gasteiger partial charge is 0.188 e. The Balaban J connectivity index is 2.88. The first-order chi connectivity index (χ1) is 6.22. The Morgan fingerprint density at radius 1 is 1.77 bits per heavy atom. The normalized spacial score (nSPS) is 12.9. The van der Waals surface area contributed by atoms with Crippen LogP contribution in [0.25, 0.3) is 0 Å². The van der Waals surface area contributed by atoms with E-state index in [1.165, 1.54) is 11.3 Å². The summed E-state index contributed by atoms with van der Waals surface area (Å²) < 4.78 is 6.03. The number of aliphatic hydroxyl groups is 1. The third-order valence-corrected chi connectivity index (χ3v) is 3.88. The molecule has 3 N–H and O–H groups in total. The average Bonchev–Trinajstić information content (AvgIpc) is 2.49. The summed E-state index contributed by atoms with van der Waals surface area (Å²) in [6.07, 6.45) is 0. The van der Waals surface area contributed by atoms with Crippen LogP contribution in [0.2, 0.25) is 0 Å². The van der Waals surface area contributed by atoms with E-state index in [4.69, 9.17) is 15.6 Å². The molecule has 0 saturated heterocycles. The first kappa shape index (κ1) is 11.0. The van der Waals surface area contributed by atoms with E-state index in [-0.39, 0.29) is 12.5 Å². The SMILES string of the molecule is COc1sc(C(CN)CO)cc1Br. The Kier molecular flexibility index (Phi) is 4.18. The summed E-state index contributed by atoms with van der Waals surface area (Å²) in [5.74, 6) is 0.0187. The lowest BCUT2D eigenvalue weighted by Crippen LogP contribution is -2.14. The number of rotatable bonds is 4. The molecule has 1 heterocycles. The van der Waals surface area contributed by atoms with Crippen molar-refractivity contribution >= 4 is 27.3 Å². The van der Waals surface area contributed by atoms with Crippen molar-refractivity contribution in [3.8, 4) is 5.06 Å². The number of thiophene rings is 1. The van der Waals surface area contributed by atoms with E-state index in [2.05, 4.69) is 15.9 Å². The highest BCUT2D eigenvalue weighted by molar-refractivity contribution is 9.10. The molecule has 74 valence electrons. The molecule has 13 heavy (non-hydrogen) atoms. The van der Waals surface area contributed by atoms with E-state index >= 15 is 0 Å². The summed E-state index contributed by atoms with van der Waals surface area (Å²) in [6, 6.07) is 1.94. The van der Waals surface area contributed by atoms with Gasteiger partial charge in [0.1, 0.15) is 0 Å². The second kappa shape index (κ2) is 4.95. The zero-order valence-electron chi connectivity index (χ0n) is 7.29. The molecule has 0 aromatic carbocycles. The fourth-order valence-corrected chi connectivity index (χ4v) is 2.76. The molecule has 1 aromatic heterocycles. The Morgan fingerprint density at radius 3 is 2.85 bits per heavy atom. The molecule has 0 amide bonds. The number of hydrogen-bond donors (Lipinski definition) is 2. The van der Waals surface area contributed by atoms with Crippen molar-refractivity contribution in [1.29, 1.82) is 0 Å². The van der Waals surface area contributed by atoms with Crippen LogP contribution in [0.5, 0.6) is 5.06 Å². The minimum Gasteiger partial charge on any atom is -0.486 e. The first-order valence-corrected chi connectivity index (χ1v) is 5.48. The number of methoxy groups -OCH3 is 1.